The Bertz CT molecular complexity index is 965. The van der Waals surface area contributed by atoms with Crippen molar-refractivity contribution < 1.29 is 9.84 Å². The summed E-state index contributed by atoms with van der Waals surface area (Å²) in [7, 11) is 1.59. The van der Waals surface area contributed by atoms with Crippen LogP contribution < -0.4 is 4.74 Å². The number of aromatic amines is 1. The van der Waals surface area contributed by atoms with Gasteiger partial charge < -0.3 is 9.84 Å². The standard InChI is InChI=1S/C16H13BrN4O2S/c1-23-14-5-3-2-4-12(14)15-19-20-16(24)21(15)18-9-10-8-11(17)6-7-13(10)22/h2-9,22H,1H3,(H,20,24). The molecule has 2 aromatic carbocycles. The smallest absolute Gasteiger partial charge is 0.216 e. The number of halogens is 1. The molecule has 3 rings (SSSR count). The van der Waals surface area contributed by atoms with Gasteiger partial charge in [0.15, 0.2) is 5.82 Å². The summed E-state index contributed by atoms with van der Waals surface area (Å²) >= 11 is 8.61. The van der Waals surface area contributed by atoms with Crippen molar-refractivity contribution in [3.05, 3.63) is 57.3 Å². The Morgan fingerprint density at radius 1 is 1.33 bits per heavy atom. The number of hydrogen-bond donors (Lipinski definition) is 2. The predicted octanol–water partition coefficient (Wildman–Crippen LogP) is 3.97. The summed E-state index contributed by atoms with van der Waals surface area (Å²) < 4.78 is 8.01. The van der Waals surface area contributed by atoms with Crippen molar-refractivity contribution in [2.45, 2.75) is 0 Å². The number of nitrogens with zero attached hydrogens (tertiary/aromatic N) is 3. The minimum atomic E-state index is 0.121. The van der Waals surface area contributed by atoms with Gasteiger partial charge in [-0.05, 0) is 42.5 Å². The Hall–Kier alpha value is -2.45. The van der Waals surface area contributed by atoms with Crippen LogP contribution in [-0.4, -0.2) is 33.3 Å². The second-order valence-corrected chi connectivity index (χ2v) is 6.11. The van der Waals surface area contributed by atoms with Crippen LogP contribution >= 0.6 is 28.1 Å². The highest BCUT2D eigenvalue weighted by atomic mass is 79.9. The van der Waals surface area contributed by atoms with E-state index in [4.69, 9.17) is 17.0 Å². The first-order valence-corrected chi connectivity index (χ1v) is 8.14. The van der Waals surface area contributed by atoms with Gasteiger partial charge in [0.1, 0.15) is 11.5 Å². The van der Waals surface area contributed by atoms with Crippen LogP contribution in [-0.2, 0) is 0 Å². The number of nitrogens with one attached hydrogen (secondary N) is 1. The number of methoxy groups -OCH3 is 1. The van der Waals surface area contributed by atoms with Crippen LogP contribution in [0.4, 0.5) is 0 Å². The Kier molecular flexibility index (Phi) is 4.77. The molecule has 0 aliphatic rings. The van der Waals surface area contributed by atoms with Gasteiger partial charge in [0.2, 0.25) is 4.77 Å². The molecule has 2 N–H and O–H groups in total. The van der Waals surface area contributed by atoms with Crippen LogP contribution in [0.25, 0.3) is 11.4 Å². The molecule has 0 aliphatic carbocycles. The van der Waals surface area contributed by atoms with E-state index in [1.54, 1.807) is 25.3 Å². The molecule has 1 heterocycles. The maximum atomic E-state index is 9.91. The Morgan fingerprint density at radius 3 is 2.92 bits per heavy atom. The first-order valence-electron chi connectivity index (χ1n) is 6.94. The van der Waals surface area contributed by atoms with E-state index in [1.165, 1.54) is 10.9 Å². The van der Waals surface area contributed by atoms with Crippen LogP contribution in [0.15, 0.2) is 52.0 Å². The molecule has 0 atom stereocenters. The van der Waals surface area contributed by atoms with Crippen LogP contribution in [0.2, 0.25) is 0 Å². The average Bonchev–Trinajstić information content (AvgIpc) is 2.96. The number of H-pyrrole nitrogens is 1. The lowest BCUT2D eigenvalue weighted by molar-refractivity contribution is 0.416. The normalized spacial score (nSPS) is 11.1. The molecular formula is C16H13BrN4O2S. The fourth-order valence-corrected chi connectivity index (χ4v) is 2.71. The molecule has 0 unspecified atom stereocenters. The minimum absolute atomic E-state index is 0.121. The van der Waals surface area contributed by atoms with Crippen LogP contribution in [0.1, 0.15) is 5.56 Å². The topological polar surface area (TPSA) is 75.4 Å². The van der Waals surface area contributed by atoms with Crippen LogP contribution in [0.5, 0.6) is 11.5 Å². The number of phenolic OH excluding ortho intramolecular Hbond substituents is 1. The van der Waals surface area contributed by atoms with Gasteiger partial charge in [0, 0.05) is 10.0 Å². The molecule has 0 bridgehead atoms. The van der Waals surface area contributed by atoms with Gasteiger partial charge in [-0.2, -0.15) is 14.9 Å². The molecule has 0 spiro atoms. The lowest BCUT2D eigenvalue weighted by Gasteiger charge is -2.07. The zero-order valence-electron chi connectivity index (χ0n) is 12.6. The van der Waals surface area contributed by atoms with E-state index in [1.807, 2.05) is 24.3 Å². The highest BCUT2D eigenvalue weighted by Crippen LogP contribution is 2.28. The zero-order chi connectivity index (χ0) is 17.1. The first kappa shape index (κ1) is 16.4. The summed E-state index contributed by atoms with van der Waals surface area (Å²) in [6, 6.07) is 12.5. The van der Waals surface area contributed by atoms with Crippen molar-refractivity contribution >= 4 is 34.4 Å². The molecule has 24 heavy (non-hydrogen) atoms. The summed E-state index contributed by atoms with van der Waals surface area (Å²) in [6.07, 6.45) is 1.52. The summed E-state index contributed by atoms with van der Waals surface area (Å²) in [5, 5.41) is 21.2. The number of hydrogen-bond acceptors (Lipinski definition) is 5. The fraction of sp³-hybridized carbons (Fsp3) is 0.0625. The zero-order valence-corrected chi connectivity index (χ0v) is 15.0. The Balaban J connectivity index is 2.07. The molecule has 0 saturated carbocycles. The van der Waals surface area contributed by atoms with Crippen molar-refractivity contribution in [3.8, 4) is 22.9 Å². The number of aromatic hydroxyl groups is 1. The fourth-order valence-electron chi connectivity index (χ4n) is 2.15. The maximum Gasteiger partial charge on any atom is 0.216 e. The van der Waals surface area contributed by atoms with Gasteiger partial charge in [-0.1, -0.05) is 28.1 Å². The highest BCUT2D eigenvalue weighted by Gasteiger charge is 2.13. The van der Waals surface area contributed by atoms with Crippen LogP contribution in [0, 0.1) is 4.77 Å². The van der Waals surface area contributed by atoms with Gasteiger partial charge in [-0.25, -0.2) is 5.10 Å². The molecule has 0 saturated heterocycles. The van der Waals surface area contributed by atoms with E-state index >= 15 is 0 Å². The molecule has 122 valence electrons. The number of phenols is 1. The van der Waals surface area contributed by atoms with Gasteiger partial charge in [0.25, 0.3) is 0 Å². The minimum Gasteiger partial charge on any atom is -0.507 e. The lowest BCUT2D eigenvalue weighted by atomic mass is 10.2. The number of rotatable bonds is 4. The number of para-hydroxylation sites is 1. The molecule has 6 nitrogen and oxygen atoms in total. The number of aromatic nitrogens is 3. The molecule has 8 heteroatoms. The van der Waals surface area contributed by atoms with Crippen molar-refractivity contribution in [1.29, 1.82) is 0 Å². The number of benzene rings is 2. The summed E-state index contributed by atoms with van der Waals surface area (Å²) in [6.45, 7) is 0. The Morgan fingerprint density at radius 2 is 2.12 bits per heavy atom. The van der Waals surface area contributed by atoms with E-state index < -0.39 is 0 Å². The SMILES string of the molecule is COc1ccccc1-c1n[nH]c(=S)n1N=Cc1cc(Br)ccc1O. The number of ether oxygens (including phenoxy) is 1. The largest absolute Gasteiger partial charge is 0.507 e. The molecule has 0 aliphatic heterocycles. The van der Waals surface area contributed by atoms with Crippen molar-refractivity contribution in [1.82, 2.24) is 14.9 Å². The van der Waals surface area contributed by atoms with Gasteiger partial charge in [-0.3, -0.25) is 0 Å². The van der Waals surface area contributed by atoms with Crippen molar-refractivity contribution in [3.63, 3.8) is 0 Å². The van der Waals surface area contributed by atoms with Gasteiger partial charge in [-0.15, -0.1) is 0 Å². The lowest BCUT2D eigenvalue weighted by Crippen LogP contribution is -1.97. The van der Waals surface area contributed by atoms with E-state index in [2.05, 4.69) is 31.2 Å². The molecule has 1 aromatic heterocycles. The van der Waals surface area contributed by atoms with E-state index in [9.17, 15) is 5.11 Å². The third kappa shape index (κ3) is 3.24. The second kappa shape index (κ2) is 6.98. The van der Waals surface area contributed by atoms with E-state index in [0.717, 1.165) is 10.0 Å². The van der Waals surface area contributed by atoms with Crippen LogP contribution in [0.3, 0.4) is 0 Å². The third-order valence-electron chi connectivity index (χ3n) is 3.30. The van der Waals surface area contributed by atoms with Gasteiger partial charge >= 0.3 is 0 Å². The Labute approximate surface area is 151 Å². The molecule has 3 aromatic rings. The third-order valence-corrected chi connectivity index (χ3v) is 4.06. The van der Waals surface area contributed by atoms with E-state index in [0.29, 0.717) is 21.9 Å². The summed E-state index contributed by atoms with van der Waals surface area (Å²) in [5.41, 5.74) is 1.31. The van der Waals surface area contributed by atoms with Crippen molar-refractivity contribution in [2.75, 3.05) is 7.11 Å². The molecule has 0 fully saturated rings. The predicted molar refractivity (Wildman–Crippen MR) is 98.2 cm³/mol. The quantitative estimate of drug-likeness (QED) is 0.509. The summed E-state index contributed by atoms with van der Waals surface area (Å²) in [4.78, 5) is 0. The average molecular weight is 405 g/mol. The first-order chi connectivity index (χ1) is 11.6. The summed E-state index contributed by atoms with van der Waals surface area (Å²) in [5.74, 6) is 1.30. The highest BCUT2D eigenvalue weighted by molar-refractivity contribution is 9.10. The monoisotopic (exact) mass is 404 g/mol. The van der Waals surface area contributed by atoms with Crippen molar-refractivity contribution in [2.24, 2.45) is 5.10 Å². The van der Waals surface area contributed by atoms with E-state index in [-0.39, 0.29) is 5.75 Å². The maximum absolute atomic E-state index is 9.91. The second-order valence-electron chi connectivity index (χ2n) is 4.81. The molecule has 0 radical (unpaired) electrons. The molecule has 0 amide bonds. The van der Waals surface area contributed by atoms with Gasteiger partial charge in [0.05, 0.1) is 18.9 Å². The molecular weight excluding hydrogens is 392 g/mol.